The molecule has 1 heterocycles. The molecule has 0 saturated heterocycles. The number of nitrogens with one attached hydrogen (secondary N) is 2. The van der Waals surface area contributed by atoms with Crippen LogP contribution < -0.4 is 10.1 Å². The number of ether oxygens (including phenoxy) is 1. The fourth-order valence-electron chi connectivity index (χ4n) is 2.53. The van der Waals surface area contributed by atoms with Gasteiger partial charge < -0.3 is 15.0 Å². The fraction of sp³-hybridized carbons (Fsp3) is 0.158. The summed E-state index contributed by atoms with van der Waals surface area (Å²) in [6.45, 7) is 1.97. The highest BCUT2D eigenvalue weighted by molar-refractivity contribution is 5.92. The number of rotatable bonds is 5. The predicted molar refractivity (Wildman–Crippen MR) is 94.1 cm³/mol. The highest BCUT2D eigenvalue weighted by Gasteiger charge is 2.08. The molecule has 0 bridgehead atoms. The maximum Gasteiger partial charge on any atom is 0.228 e. The molecule has 0 radical (unpaired) electrons. The Labute approximate surface area is 140 Å². The number of aryl methyl sites for hydroxylation is 1. The number of carbonyl (C=O) groups excluding carboxylic acids is 1. The van der Waals surface area contributed by atoms with E-state index in [1.165, 1.54) is 0 Å². The third-order valence-electron chi connectivity index (χ3n) is 3.77. The number of hydrogen-bond donors (Lipinski definition) is 2. The van der Waals surface area contributed by atoms with E-state index in [4.69, 9.17) is 4.74 Å². The maximum absolute atomic E-state index is 12.2. The number of anilines is 1. The first-order valence-electron chi connectivity index (χ1n) is 7.69. The van der Waals surface area contributed by atoms with Crippen LogP contribution in [0.2, 0.25) is 0 Å². The lowest BCUT2D eigenvalue weighted by Crippen LogP contribution is -2.14. The van der Waals surface area contributed by atoms with Crippen molar-refractivity contribution in [3.8, 4) is 17.0 Å². The van der Waals surface area contributed by atoms with Crippen LogP contribution in [-0.4, -0.2) is 23.0 Å². The molecular weight excluding hydrogens is 302 g/mol. The van der Waals surface area contributed by atoms with Gasteiger partial charge in [-0.25, -0.2) is 4.98 Å². The zero-order chi connectivity index (χ0) is 16.9. The van der Waals surface area contributed by atoms with Gasteiger partial charge in [0.05, 0.1) is 25.6 Å². The van der Waals surface area contributed by atoms with Crippen LogP contribution in [-0.2, 0) is 11.2 Å². The number of amides is 1. The summed E-state index contributed by atoms with van der Waals surface area (Å²) in [5.74, 6) is 0.720. The van der Waals surface area contributed by atoms with Gasteiger partial charge in [0.1, 0.15) is 5.75 Å². The van der Waals surface area contributed by atoms with Crippen LogP contribution in [0.15, 0.2) is 54.9 Å². The Kier molecular flexibility index (Phi) is 4.61. The minimum Gasteiger partial charge on any atom is -0.497 e. The first-order valence-corrected chi connectivity index (χ1v) is 7.69. The van der Waals surface area contributed by atoms with Gasteiger partial charge in [-0.15, -0.1) is 0 Å². The summed E-state index contributed by atoms with van der Waals surface area (Å²) in [6, 6.07) is 15.2. The molecule has 3 rings (SSSR count). The zero-order valence-electron chi connectivity index (χ0n) is 13.7. The van der Waals surface area contributed by atoms with Crippen LogP contribution in [0, 0.1) is 6.92 Å². The Morgan fingerprint density at radius 3 is 2.67 bits per heavy atom. The van der Waals surface area contributed by atoms with Crippen molar-refractivity contribution in [2.75, 3.05) is 12.4 Å². The first kappa shape index (κ1) is 15.8. The number of hydrogen-bond acceptors (Lipinski definition) is 3. The molecule has 0 atom stereocenters. The molecule has 0 aliphatic rings. The smallest absolute Gasteiger partial charge is 0.228 e. The quantitative estimate of drug-likeness (QED) is 0.755. The van der Waals surface area contributed by atoms with E-state index >= 15 is 0 Å². The third kappa shape index (κ3) is 3.63. The van der Waals surface area contributed by atoms with Gasteiger partial charge in [-0.05, 0) is 36.8 Å². The molecule has 5 heteroatoms. The van der Waals surface area contributed by atoms with E-state index in [0.717, 1.165) is 34.0 Å². The van der Waals surface area contributed by atoms with Crippen molar-refractivity contribution in [2.24, 2.45) is 0 Å². The van der Waals surface area contributed by atoms with Crippen molar-refractivity contribution in [1.29, 1.82) is 0 Å². The van der Waals surface area contributed by atoms with Crippen LogP contribution in [0.5, 0.6) is 5.75 Å². The second kappa shape index (κ2) is 7.00. The minimum absolute atomic E-state index is 0.0592. The molecule has 2 aromatic carbocycles. The van der Waals surface area contributed by atoms with E-state index in [1.54, 1.807) is 13.4 Å². The van der Waals surface area contributed by atoms with E-state index < -0.39 is 0 Å². The lowest BCUT2D eigenvalue weighted by molar-refractivity contribution is -0.115. The van der Waals surface area contributed by atoms with Crippen LogP contribution in [0.1, 0.15) is 11.3 Å². The highest BCUT2D eigenvalue weighted by atomic mass is 16.5. The van der Waals surface area contributed by atoms with Gasteiger partial charge in [0, 0.05) is 16.9 Å². The number of nitrogens with zero attached hydrogens (tertiary/aromatic N) is 1. The summed E-state index contributed by atoms with van der Waals surface area (Å²) in [5, 5.41) is 2.93. The van der Waals surface area contributed by atoms with Crippen LogP contribution in [0.25, 0.3) is 11.3 Å². The molecule has 3 aromatic rings. The highest BCUT2D eigenvalue weighted by Crippen LogP contribution is 2.23. The van der Waals surface area contributed by atoms with E-state index in [1.807, 2.05) is 55.5 Å². The van der Waals surface area contributed by atoms with Gasteiger partial charge in [0.15, 0.2) is 0 Å². The van der Waals surface area contributed by atoms with Crippen molar-refractivity contribution in [3.05, 3.63) is 66.1 Å². The molecule has 2 N–H and O–H groups in total. The lowest BCUT2D eigenvalue weighted by atomic mass is 10.1. The lowest BCUT2D eigenvalue weighted by Gasteiger charge is -2.08. The molecule has 0 unspecified atom stereocenters. The van der Waals surface area contributed by atoms with Crippen LogP contribution in [0.4, 0.5) is 5.69 Å². The molecule has 0 aliphatic carbocycles. The van der Waals surface area contributed by atoms with Crippen molar-refractivity contribution < 1.29 is 9.53 Å². The number of methoxy groups -OCH3 is 1. The molecular formula is C19H19N3O2. The molecule has 0 fully saturated rings. The third-order valence-corrected chi connectivity index (χ3v) is 3.77. The van der Waals surface area contributed by atoms with Gasteiger partial charge in [-0.3, -0.25) is 4.79 Å². The van der Waals surface area contributed by atoms with Gasteiger partial charge in [-0.1, -0.05) is 24.3 Å². The topological polar surface area (TPSA) is 67.0 Å². The molecule has 1 amide bonds. The molecule has 122 valence electrons. The van der Waals surface area contributed by atoms with E-state index in [-0.39, 0.29) is 5.91 Å². The van der Waals surface area contributed by atoms with Crippen LogP contribution in [0.3, 0.4) is 0 Å². The van der Waals surface area contributed by atoms with E-state index in [9.17, 15) is 4.79 Å². The van der Waals surface area contributed by atoms with Gasteiger partial charge in [0.25, 0.3) is 0 Å². The second-order valence-corrected chi connectivity index (χ2v) is 5.53. The average molecular weight is 321 g/mol. The van der Waals surface area contributed by atoms with Gasteiger partial charge in [-0.2, -0.15) is 0 Å². The summed E-state index contributed by atoms with van der Waals surface area (Å²) >= 11 is 0. The molecule has 0 aliphatic heterocycles. The largest absolute Gasteiger partial charge is 0.497 e. The standard InChI is InChI=1S/C19H19N3O2/c1-13-19(21-12-20-13)15-4-3-5-16(11-15)22-18(23)10-14-6-8-17(24-2)9-7-14/h3-9,11-12H,10H2,1-2H3,(H,20,21)(H,22,23). The Bertz CT molecular complexity index is 838. The molecule has 24 heavy (non-hydrogen) atoms. The van der Waals surface area contributed by atoms with Crippen molar-refractivity contribution in [3.63, 3.8) is 0 Å². The normalized spacial score (nSPS) is 10.4. The van der Waals surface area contributed by atoms with E-state index in [2.05, 4.69) is 15.3 Å². The second-order valence-electron chi connectivity index (χ2n) is 5.53. The Morgan fingerprint density at radius 1 is 1.21 bits per heavy atom. The summed E-state index contributed by atoms with van der Waals surface area (Å²) in [7, 11) is 1.62. The van der Waals surface area contributed by atoms with Crippen molar-refractivity contribution in [1.82, 2.24) is 9.97 Å². The zero-order valence-corrected chi connectivity index (χ0v) is 13.7. The summed E-state index contributed by atoms with van der Waals surface area (Å²) < 4.78 is 5.12. The average Bonchev–Trinajstić information content (AvgIpc) is 3.02. The molecule has 0 saturated carbocycles. The summed E-state index contributed by atoms with van der Waals surface area (Å²) in [5.41, 5.74) is 4.55. The monoisotopic (exact) mass is 321 g/mol. The Balaban J connectivity index is 1.69. The van der Waals surface area contributed by atoms with Gasteiger partial charge in [0.2, 0.25) is 5.91 Å². The van der Waals surface area contributed by atoms with Crippen LogP contribution >= 0.6 is 0 Å². The first-order chi connectivity index (χ1) is 11.7. The number of H-pyrrole nitrogens is 1. The minimum atomic E-state index is -0.0592. The number of benzene rings is 2. The summed E-state index contributed by atoms with van der Waals surface area (Å²) in [4.78, 5) is 19.6. The molecule has 0 spiro atoms. The van der Waals surface area contributed by atoms with Crippen molar-refractivity contribution >= 4 is 11.6 Å². The number of imidazole rings is 1. The maximum atomic E-state index is 12.2. The van der Waals surface area contributed by atoms with E-state index in [0.29, 0.717) is 6.42 Å². The number of carbonyl (C=O) groups is 1. The fourth-order valence-corrected chi connectivity index (χ4v) is 2.53. The number of aromatic nitrogens is 2. The number of aromatic amines is 1. The SMILES string of the molecule is COc1ccc(CC(=O)Nc2cccc(-c3nc[nH]c3C)c2)cc1. The Hall–Kier alpha value is -3.08. The van der Waals surface area contributed by atoms with Gasteiger partial charge >= 0.3 is 0 Å². The molecule has 1 aromatic heterocycles. The predicted octanol–water partition coefficient (Wildman–Crippen LogP) is 3.57. The van der Waals surface area contributed by atoms with Crippen molar-refractivity contribution in [2.45, 2.75) is 13.3 Å². The summed E-state index contributed by atoms with van der Waals surface area (Å²) in [6.07, 6.45) is 1.98. The Morgan fingerprint density at radius 2 is 2.00 bits per heavy atom. The molecule has 5 nitrogen and oxygen atoms in total.